The number of aliphatic imine (C=N–C) groups is 1. The molecule has 1 fully saturated rings. The molecule has 0 aromatic heterocycles. The van der Waals surface area contributed by atoms with Crippen molar-refractivity contribution in [2.24, 2.45) is 4.99 Å². The van der Waals surface area contributed by atoms with Crippen LogP contribution in [0.4, 0.5) is 0 Å². The monoisotopic (exact) mass is 390 g/mol. The van der Waals surface area contributed by atoms with Crippen molar-refractivity contribution in [3.8, 4) is 0 Å². The molecule has 20 heavy (non-hydrogen) atoms. The van der Waals surface area contributed by atoms with Crippen molar-refractivity contribution in [2.45, 2.75) is 25.8 Å². The van der Waals surface area contributed by atoms with Crippen molar-refractivity contribution in [1.29, 1.82) is 0 Å². The third-order valence-electron chi connectivity index (χ3n) is 3.87. The number of guanidine groups is 1. The average molecular weight is 390 g/mol. The molecule has 0 aromatic rings. The lowest BCUT2D eigenvalue weighted by Gasteiger charge is -2.25. The van der Waals surface area contributed by atoms with E-state index in [4.69, 9.17) is 0 Å². The molecule has 0 spiro atoms. The zero-order valence-electron chi connectivity index (χ0n) is 12.6. The molecule has 0 aromatic carbocycles. The van der Waals surface area contributed by atoms with Crippen LogP contribution in [-0.2, 0) is 0 Å². The van der Waals surface area contributed by atoms with E-state index in [0.29, 0.717) is 6.04 Å². The second kappa shape index (κ2) is 9.39. The van der Waals surface area contributed by atoms with Gasteiger partial charge in [0.2, 0.25) is 0 Å². The van der Waals surface area contributed by atoms with E-state index in [9.17, 15) is 0 Å². The van der Waals surface area contributed by atoms with Crippen molar-refractivity contribution in [2.75, 3.05) is 39.8 Å². The highest BCUT2D eigenvalue weighted by Gasteiger charge is 2.29. The van der Waals surface area contributed by atoms with Gasteiger partial charge in [0.25, 0.3) is 0 Å². The third-order valence-corrected chi connectivity index (χ3v) is 3.87. The molecule has 2 aliphatic heterocycles. The highest BCUT2D eigenvalue weighted by Crippen LogP contribution is 2.17. The molecule has 0 amide bonds. The molecule has 114 valence electrons. The summed E-state index contributed by atoms with van der Waals surface area (Å²) in [5.74, 6) is 1.05. The Kier molecular flexibility index (Phi) is 8.21. The van der Waals surface area contributed by atoms with E-state index < -0.39 is 0 Å². The number of nitrogens with one attached hydrogen (secondary N) is 1. The quantitative estimate of drug-likeness (QED) is 0.262. The van der Waals surface area contributed by atoms with Crippen molar-refractivity contribution in [1.82, 2.24) is 15.1 Å². The zero-order valence-corrected chi connectivity index (χ0v) is 14.9. The molecule has 4 nitrogen and oxygen atoms in total. The van der Waals surface area contributed by atoms with Crippen LogP contribution in [0.3, 0.4) is 0 Å². The van der Waals surface area contributed by atoms with Crippen LogP contribution >= 0.6 is 24.0 Å². The second-order valence-corrected chi connectivity index (χ2v) is 5.15. The summed E-state index contributed by atoms with van der Waals surface area (Å²) in [5, 5.41) is 3.45. The highest BCUT2D eigenvalue weighted by atomic mass is 127. The van der Waals surface area contributed by atoms with Crippen molar-refractivity contribution in [3.63, 3.8) is 0 Å². The van der Waals surface area contributed by atoms with Gasteiger partial charge in [0.05, 0.1) is 0 Å². The van der Waals surface area contributed by atoms with Gasteiger partial charge in [0.1, 0.15) is 0 Å². The maximum absolute atomic E-state index is 4.40. The number of hydrogen-bond donors (Lipinski definition) is 1. The summed E-state index contributed by atoms with van der Waals surface area (Å²) < 4.78 is 0. The Labute approximate surface area is 140 Å². The first-order chi connectivity index (χ1) is 9.35. The first kappa shape index (κ1) is 17.5. The van der Waals surface area contributed by atoms with Gasteiger partial charge >= 0.3 is 0 Å². The molecule has 0 bridgehead atoms. The van der Waals surface area contributed by atoms with Crippen molar-refractivity contribution in [3.05, 3.63) is 24.3 Å². The molecule has 2 rings (SSSR count). The van der Waals surface area contributed by atoms with E-state index in [1.165, 1.54) is 6.42 Å². The average Bonchev–Trinajstić information content (AvgIpc) is 3.09. The van der Waals surface area contributed by atoms with E-state index in [1.54, 1.807) is 0 Å². The molecule has 1 atom stereocenters. The molecule has 0 aliphatic carbocycles. The molecule has 1 saturated heterocycles. The maximum Gasteiger partial charge on any atom is 0.193 e. The van der Waals surface area contributed by atoms with E-state index in [0.717, 1.165) is 45.1 Å². The van der Waals surface area contributed by atoms with Crippen LogP contribution in [0.15, 0.2) is 29.3 Å². The Morgan fingerprint density at radius 1 is 1.40 bits per heavy atom. The van der Waals surface area contributed by atoms with Gasteiger partial charge in [-0.1, -0.05) is 24.3 Å². The fraction of sp³-hybridized carbons (Fsp3) is 0.667. The van der Waals surface area contributed by atoms with Crippen molar-refractivity contribution >= 4 is 29.9 Å². The van der Waals surface area contributed by atoms with Crippen LogP contribution in [0.5, 0.6) is 0 Å². The lowest BCUT2D eigenvalue weighted by molar-refractivity contribution is 0.259. The van der Waals surface area contributed by atoms with Crippen LogP contribution in [0.25, 0.3) is 0 Å². The summed E-state index contributed by atoms with van der Waals surface area (Å²) in [5.41, 5.74) is 0. The summed E-state index contributed by atoms with van der Waals surface area (Å²) in [6, 6.07) is 0.684. The predicted molar refractivity (Wildman–Crippen MR) is 96.9 cm³/mol. The van der Waals surface area contributed by atoms with Gasteiger partial charge in [0, 0.05) is 45.8 Å². The molecule has 0 radical (unpaired) electrons. The van der Waals surface area contributed by atoms with Crippen LogP contribution in [0.1, 0.15) is 19.8 Å². The van der Waals surface area contributed by atoms with Gasteiger partial charge in [-0.05, 0) is 19.8 Å². The van der Waals surface area contributed by atoms with Gasteiger partial charge in [-0.25, -0.2) is 0 Å². The second-order valence-electron chi connectivity index (χ2n) is 5.15. The fourth-order valence-electron chi connectivity index (χ4n) is 2.79. The first-order valence-corrected chi connectivity index (χ1v) is 7.31. The minimum absolute atomic E-state index is 0. The van der Waals surface area contributed by atoms with E-state index in [2.05, 4.69) is 51.3 Å². The summed E-state index contributed by atoms with van der Waals surface area (Å²) in [6.07, 6.45) is 11.1. The van der Waals surface area contributed by atoms with Crippen molar-refractivity contribution < 1.29 is 0 Å². The van der Waals surface area contributed by atoms with Crippen LogP contribution in [0.2, 0.25) is 0 Å². The van der Waals surface area contributed by atoms with Crippen LogP contribution < -0.4 is 5.32 Å². The standard InChI is InChI=1S/C15H26N4.HI/c1-3-4-5-9-17-15(16-2)19-12-8-14(13-19)18-10-6-7-11-18;/h3-4,6-7,14H,5,8-13H2,1-2H3,(H,16,17);1H/b4-3+;. The Morgan fingerprint density at radius 3 is 2.80 bits per heavy atom. The smallest absolute Gasteiger partial charge is 0.193 e. The number of hydrogen-bond acceptors (Lipinski definition) is 2. The van der Waals surface area contributed by atoms with E-state index in [-0.39, 0.29) is 24.0 Å². The molecular weight excluding hydrogens is 363 g/mol. The van der Waals surface area contributed by atoms with Gasteiger partial charge in [-0.3, -0.25) is 9.89 Å². The topological polar surface area (TPSA) is 30.9 Å². The molecule has 1 unspecified atom stereocenters. The Morgan fingerprint density at radius 2 is 2.15 bits per heavy atom. The minimum atomic E-state index is 0. The molecule has 2 aliphatic rings. The Bertz CT molecular complexity index is 357. The maximum atomic E-state index is 4.40. The number of allylic oxidation sites excluding steroid dienone is 1. The lowest BCUT2D eigenvalue weighted by Crippen LogP contribution is -2.43. The fourth-order valence-corrected chi connectivity index (χ4v) is 2.79. The molecule has 0 saturated carbocycles. The van der Waals surface area contributed by atoms with Crippen LogP contribution in [0, 0.1) is 0 Å². The SMILES string of the molecule is C/C=C/CCNC(=NC)N1CCC(N2CC=CC2)C1.I. The normalized spacial score (nSPS) is 23.6. The molecule has 5 heteroatoms. The Balaban J connectivity index is 0.00000200. The largest absolute Gasteiger partial charge is 0.356 e. The summed E-state index contributed by atoms with van der Waals surface area (Å²) in [6.45, 7) is 7.47. The van der Waals surface area contributed by atoms with Gasteiger partial charge in [0.15, 0.2) is 5.96 Å². The molecule has 1 N–H and O–H groups in total. The Hall–Kier alpha value is -0.560. The number of rotatable bonds is 4. The van der Waals surface area contributed by atoms with Gasteiger partial charge < -0.3 is 10.2 Å². The highest BCUT2D eigenvalue weighted by molar-refractivity contribution is 14.0. The number of nitrogens with zero attached hydrogens (tertiary/aromatic N) is 3. The van der Waals surface area contributed by atoms with Crippen LogP contribution in [-0.4, -0.2) is 61.6 Å². The van der Waals surface area contributed by atoms with Gasteiger partial charge in [-0.15, -0.1) is 24.0 Å². The zero-order chi connectivity index (χ0) is 13.5. The van der Waals surface area contributed by atoms with Gasteiger partial charge in [-0.2, -0.15) is 0 Å². The third kappa shape index (κ3) is 4.77. The summed E-state index contributed by atoms with van der Waals surface area (Å²) in [7, 11) is 1.88. The van der Waals surface area contributed by atoms with E-state index >= 15 is 0 Å². The molecular formula is C15H27IN4. The molecule has 2 heterocycles. The summed E-state index contributed by atoms with van der Waals surface area (Å²) >= 11 is 0. The number of likely N-dealkylation sites (tertiary alicyclic amines) is 1. The summed E-state index contributed by atoms with van der Waals surface area (Å²) in [4.78, 5) is 9.34. The first-order valence-electron chi connectivity index (χ1n) is 7.31. The predicted octanol–water partition coefficient (Wildman–Crippen LogP) is 2.09. The lowest BCUT2D eigenvalue weighted by atomic mass is 10.2. The minimum Gasteiger partial charge on any atom is -0.356 e. The van der Waals surface area contributed by atoms with E-state index in [1.807, 2.05) is 7.05 Å². The number of halogens is 1.